The molecule has 0 amide bonds. The number of nitrogens with one attached hydrogen (secondary N) is 1. The molecule has 0 aliphatic heterocycles. The number of aryl methyl sites for hydroxylation is 1. The minimum atomic E-state index is -0.347. The molecule has 0 saturated heterocycles. The molecule has 0 radical (unpaired) electrons. The van der Waals surface area contributed by atoms with Crippen molar-refractivity contribution in [1.29, 1.82) is 0 Å². The minimum absolute atomic E-state index is 0.336. The molecule has 0 bridgehead atoms. The lowest BCUT2D eigenvalue weighted by molar-refractivity contribution is 0.0526. The molecule has 23 heavy (non-hydrogen) atoms. The first-order valence-corrected chi connectivity index (χ1v) is 8.18. The standard InChI is InChI=1S/C17H28N4O2/c1-7-10-11-19-15-12(4)16(21(8-2)18-6)20-13(5)14(15)17(22)23-9-3/h6-11H2,1-5H3,(H,19,20). The topological polar surface area (TPSA) is 66.8 Å². The summed E-state index contributed by atoms with van der Waals surface area (Å²) in [5.74, 6) is 0.368. The van der Waals surface area contributed by atoms with Gasteiger partial charge in [-0.1, -0.05) is 13.3 Å². The van der Waals surface area contributed by atoms with E-state index in [0.717, 1.165) is 30.6 Å². The van der Waals surface area contributed by atoms with Crippen molar-refractivity contribution in [2.45, 2.75) is 47.5 Å². The fourth-order valence-corrected chi connectivity index (χ4v) is 2.41. The van der Waals surface area contributed by atoms with Crippen molar-refractivity contribution in [3.8, 4) is 0 Å². The van der Waals surface area contributed by atoms with Crippen molar-refractivity contribution >= 4 is 24.2 Å². The Bertz CT molecular complexity index is 558. The van der Waals surface area contributed by atoms with E-state index in [9.17, 15) is 4.79 Å². The number of hydrazone groups is 1. The van der Waals surface area contributed by atoms with Crippen LogP contribution in [0.25, 0.3) is 0 Å². The Morgan fingerprint density at radius 2 is 2.04 bits per heavy atom. The molecule has 0 aliphatic carbocycles. The second kappa shape index (κ2) is 9.12. The molecule has 6 heteroatoms. The molecule has 0 aliphatic rings. The maximum atomic E-state index is 12.3. The van der Waals surface area contributed by atoms with Gasteiger partial charge in [0.15, 0.2) is 5.82 Å². The fraction of sp³-hybridized carbons (Fsp3) is 0.588. The van der Waals surface area contributed by atoms with Crippen molar-refractivity contribution in [2.75, 3.05) is 30.0 Å². The Hall–Kier alpha value is -2.11. The van der Waals surface area contributed by atoms with Gasteiger partial charge in [-0.05, 0) is 34.1 Å². The van der Waals surface area contributed by atoms with Crippen LogP contribution in [0.4, 0.5) is 11.5 Å². The highest BCUT2D eigenvalue weighted by Crippen LogP contribution is 2.31. The van der Waals surface area contributed by atoms with Crippen LogP contribution in [0.5, 0.6) is 0 Å². The molecular weight excluding hydrogens is 292 g/mol. The van der Waals surface area contributed by atoms with E-state index in [1.165, 1.54) is 0 Å². The highest BCUT2D eigenvalue weighted by Gasteiger charge is 2.23. The zero-order chi connectivity index (χ0) is 17.4. The number of unbranched alkanes of at least 4 members (excludes halogenated alkanes) is 1. The summed E-state index contributed by atoms with van der Waals surface area (Å²) in [6.45, 7) is 15.0. The molecule has 1 heterocycles. The van der Waals surface area contributed by atoms with E-state index in [-0.39, 0.29) is 5.97 Å². The lowest BCUT2D eigenvalue weighted by Crippen LogP contribution is -2.21. The summed E-state index contributed by atoms with van der Waals surface area (Å²) in [4.78, 5) is 16.9. The van der Waals surface area contributed by atoms with E-state index < -0.39 is 0 Å². The third-order valence-corrected chi connectivity index (χ3v) is 3.62. The van der Waals surface area contributed by atoms with Gasteiger partial charge in [0.25, 0.3) is 0 Å². The average Bonchev–Trinajstić information content (AvgIpc) is 2.52. The Balaban J connectivity index is 3.41. The monoisotopic (exact) mass is 320 g/mol. The van der Waals surface area contributed by atoms with Gasteiger partial charge in [-0.3, -0.25) is 0 Å². The summed E-state index contributed by atoms with van der Waals surface area (Å²) < 4.78 is 5.20. The first kappa shape index (κ1) is 18.9. The number of carbonyl (C=O) groups is 1. The molecule has 0 fully saturated rings. The summed E-state index contributed by atoms with van der Waals surface area (Å²) >= 11 is 0. The molecule has 0 spiro atoms. The Morgan fingerprint density at radius 1 is 1.35 bits per heavy atom. The quantitative estimate of drug-likeness (QED) is 0.326. The van der Waals surface area contributed by atoms with Gasteiger partial charge in [0.05, 0.1) is 18.0 Å². The van der Waals surface area contributed by atoms with Gasteiger partial charge in [-0.25, -0.2) is 14.8 Å². The largest absolute Gasteiger partial charge is 0.462 e. The third-order valence-electron chi connectivity index (χ3n) is 3.62. The number of aromatic nitrogens is 1. The molecule has 1 aromatic rings. The molecular formula is C17H28N4O2. The molecule has 1 rings (SSSR count). The molecule has 1 aromatic heterocycles. The van der Waals surface area contributed by atoms with E-state index >= 15 is 0 Å². The van der Waals surface area contributed by atoms with Crippen LogP contribution in [0.15, 0.2) is 5.10 Å². The first-order chi connectivity index (χ1) is 11.0. The van der Waals surface area contributed by atoms with Crippen LogP contribution >= 0.6 is 0 Å². The van der Waals surface area contributed by atoms with Crippen molar-refractivity contribution in [3.63, 3.8) is 0 Å². The normalized spacial score (nSPS) is 10.3. The van der Waals surface area contributed by atoms with Gasteiger partial charge < -0.3 is 10.1 Å². The summed E-state index contributed by atoms with van der Waals surface area (Å²) in [5.41, 5.74) is 2.79. The van der Waals surface area contributed by atoms with Crippen molar-refractivity contribution in [1.82, 2.24) is 4.98 Å². The van der Waals surface area contributed by atoms with Gasteiger partial charge in [-0.15, -0.1) is 0 Å². The molecule has 0 saturated carbocycles. The third kappa shape index (κ3) is 4.43. The first-order valence-electron chi connectivity index (χ1n) is 8.18. The van der Waals surface area contributed by atoms with Crippen LogP contribution in [-0.2, 0) is 4.74 Å². The van der Waals surface area contributed by atoms with E-state index in [1.54, 1.807) is 11.9 Å². The lowest BCUT2D eigenvalue weighted by atomic mass is 10.1. The minimum Gasteiger partial charge on any atom is -0.462 e. The van der Waals surface area contributed by atoms with Crippen LogP contribution in [0.3, 0.4) is 0 Å². The lowest BCUT2D eigenvalue weighted by Gasteiger charge is -2.23. The molecule has 128 valence electrons. The number of anilines is 2. The number of esters is 1. The average molecular weight is 320 g/mol. The number of carbonyl (C=O) groups excluding carboxylic acids is 1. The number of pyridine rings is 1. The van der Waals surface area contributed by atoms with E-state index in [2.05, 4.69) is 29.0 Å². The number of hydrogen-bond donors (Lipinski definition) is 1. The Labute approximate surface area is 138 Å². The van der Waals surface area contributed by atoms with Crippen LogP contribution in [0.1, 0.15) is 55.2 Å². The number of rotatable bonds is 9. The van der Waals surface area contributed by atoms with Crippen LogP contribution < -0.4 is 10.3 Å². The predicted octanol–water partition coefficient (Wildman–Crippen LogP) is 3.53. The fourth-order valence-electron chi connectivity index (χ4n) is 2.41. The molecule has 0 atom stereocenters. The van der Waals surface area contributed by atoms with Gasteiger partial charge >= 0.3 is 5.97 Å². The van der Waals surface area contributed by atoms with Crippen molar-refractivity contribution in [3.05, 3.63) is 16.8 Å². The summed E-state index contributed by atoms with van der Waals surface area (Å²) in [7, 11) is 0. The molecule has 1 N–H and O–H groups in total. The second-order valence-electron chi connectivity index (χ2n) is 5.25. The SMILES string of the molecule is C=NN(CC)c1nc(C)c(C(=O)OCC)c(NCCCC)c1C. The smallest absolute Gasteiger partial charge is 0.342 e. The van der Waals surface area contributed by atoms with Crippen LogP contribution in [-0.4, -0.2) is 37.4 Å². The van der Waals surface area contributed by atoms with Gasteiger partial charge in [0.2, 0.25) is 0 Å². The molecule has 0 unspecified atom stereocenters. The van der Waals surface area contributed by atoms with Gasteiger partial charge in [-0.2, -0.15) is 5.10 Å². The zero-order valence-corrected chi connectivity index (χ0v) is 14.9. The van der Waals surface area contributed by atoms with E-state index in [1.807, 2.05) is 20.8 Å². The van der Waals surface area contributed by atoms with Crippen LogP contribution in [0, 0.1) is 13.8 Å². The highest BCUT2D eigenvalue weighted by atomic mass is 16.5. The Morgan fingerprint density at radius 3 is 2.57 bits per heavy atom. The summed E-state index contributed by atoms with van der Waals surface area (Å²) in [6, 6.07) is 0. The second-order valence-corrected chi connectivity index (χ2v) is 5.25. The maximum Gasteiger partial charge on any atom is 0.342 e. The number of nitrogens with zero attached hydrogens (tertiary/aromatic N) is 3. The maximum absolute atomic E-state index is 12.3. The number of hydrogen-bond acceptors (Lipinski definition) is 6. The number of ether oxygens (including phenoxy) is 1. The highest BCUT2D eigenvalue weighted by molar-refractivity contribution is 5.98. The molecule has 6 nitrogen and oxygen atoms in total. The predicted molar refractivity (Wildman–Crippen MR) is 95.6 cm³/mol. The van der Waals surface area contributed by atoms with Crippen molar-refractivity contribution in [2.24, 2.45) is 5.10 Å². The van der Waals surface area contributed by atoms with Gasteiger partial charge in [0, 0.05) is 25.4 Å². The summed E-state index contributed by atoms with van der Waals surface area (Å²) in [6.07, 6.45) is 2.10. The van der Waals surface area contributed by atoms with E-state index in [0.29, 0.717) is 30.2 Å². The van der Waals surface area contributed by atoms with Crippen molar-refractivity contribution < 1.29 is 9.53 Å². The Kier molecular flexibility index (Phi) is 7.51. The van der Waals surface area contributed by atoms with Crippen LogP contribution in [0.2, 0.25) is 0 Å². The van der Waals surface area contributed by atoms with Gasteiger partial charge in [0.1, 0.15) is 5.56 Å². The zero-order valence-electron chi connectivity index (χ0n) is 14.9. The van der Waals surface area contributed by atoms with E-state index in [4.69, 9.17) is 4.74 Å². The summed E-state index contributed by atoms with van der Waals surface area (Å²) in [5, 5.41) is 9.10. The molecule has 0 aromatic carbocycles.